The molecule has 0 fully saturated rings. The second kappa shape index (κ2) is 13.4. The smallest absolute Gasteiger partial charge is 0.323 e. The zero-order valence-electron chi connectivity index (χ0n) is 22.3. The van der Waals surface area contributed by atoms with Gasteiger partial charge >= 0.3 is 5.97 Å². The van der Waals surface area contributed by atoms with Gasteiger partial charge in [-0.3, -0.25) is 19.7 Å². The zero-order chi connectivity index (χ0) is 26.9. The molecule has 2 aromatic carbocycles. The fourth-order valence-electron chi connectivity index (χ4n) is 3.99. The molecule has 2 amide bonds. The molecule has 36 heavy (non-hydrogen) atoms. The van der Waals surface area contributed by atoms with Crippen LogP contribution in [-0.2, 0) is 25.5 Å². The van der Waals surface area contributed by atoms with Crippen molar-refractivity contribution in [2.24, 2.45) is 5.92 Å². The molecule has 8 heteroatoms. The van der Waals surface area contributed by atoms with Crippen molar-refractivity contribution in [3.05, 3.63) is 48.0 Å². The van der Waals surface area contributed by atoms with Gasteiger partial charge in [-0.2, -0.15) is 0 Å². The highest BCUT2D eigenvalue weighted by atomic mass is 16.6. The van der Waals surface area contributed by atoms with E-state index in [1.807, 2.05) is 56.3 Å². The third-order valence-electron chi connectivity index (χ3n) is 5.67. The van der Waals surface area contributed by atoms with Gasteiger partial charge in [-0.15, -0.1) is 0 Å². The van der Waals surface area contributed by atoms with Crippen molar-refractivity contribution >= 4 is 28.6 Å². The predicted molar refractivity (Wildman–Crippen MR) is 141 cm³/mol. The SMILES string of the molecule is CNC(=O)[C@H](Cc1ccc2ccccc2c1)NC(=O)[C@H](CC(C)C)NC(CCO)C(=O)OC(C)(C)C. The van der Waals surface area contributed by atoms with Gasteiger partial charge < -0.3 is 20.5 Å². The fourth-order valence-corrected chi connectivity index (χ4v) is 3.99. The van der Waals surface area contributed by atoms with Crippen molar-refractivity contribution in [3.63, 3.8) is 0 Å². The Morgan fingerprint density at radius 1 is 0.944 bits per heavy atom. The molecule has 3 atom stereocenters. The minimum atomic E-state index is -0.859. The lowest BCUT2D eigenvalue weighted by Gasteiger charge is -2.29. The standard InChI is InChI=1S/C28H41N3O5/c1-18(2)15-23(30-22(13-14-32)27(35)36-28(3,4)5)26(34)31-24(25(33)29-6)17-19-11-12-20-9-7-8-10-21(20)16-19/h7-12,16,18,22-24,30,32H,13-15,17H2,1-6H3,(H,29,33)(H,31,34)/t22?,23-,24-/m0/s1. The van der Waals surface area contributed by atoms with Crippen LogP contribution in [0, 0.1) is 5.92 Å². The summed E-state index contributed by atoms with van der Waals surface area (Å²) in [5.74, 6) is -1.08. The second-order valence-corrected chi connectivity index (χ2v) is 10.5. The number of carbonyl (C=O) groups excluding carboxylic acids is 3. The second-order valence-electron chi connectivity index (χ2n) is 10.5. The number of esters is 1. The van der Waals surface area contributed by atoms with Gasteiger partial charge in [0.1, 0.15) is 17.7 Å². The lowest BCUT2D eigenvalue weighted by molar-refractivity contribution is -0.158. The maximum atomic E-state index is 13.4. The van der Waals surface area contributed by atoms with Crippen LogP contribution in [-0.4, -0.2) is 60.3 Å². The van der Waals surface area contributed by atoms with Gasteiger partial charge in [0.15, 0.2) is 0 Å². The highest BCUT2D eigenvalue weighted by Crippen LogP contribution is 2.17. The summed E-state index contributed by atoms with van der Waals surface area (Å²) in [6.07, 6.45) is 0.858. The number of aliphatic hydroxyl groups excluding tert-OH is 1. The summed E-state index contributed by atoms with van der Waals surface area (Å²) >= 11 is 0. The van der Waals surface area contributed by atoms with E-state index in [4.69, 9.17) is 4.74 Å². The number of nitrogens with one attached hydrogen (secondary N) is 3. The van der Waals surface area contributed by atoms with E-state index in [1.165, 1.54) is 7.05 Å². The van der Waals surface area contributed by atoms with Crippen molar-refractivity contribution in [1.82, 2.24) is 16.0 Å². The van der Waals surface area contributed by atoms with Crippen LogP contribution >= 0.6 is 0 Å². The predicted octanol–water partition coefficient (Wildman–Crippen LogP) is 2.71. The third kappa shape index (κ3) is 9.24. The molecule has 0 spiro atoms. The normalized spacial score (nSPS) is 14.2. The molecule has 1 unspecified atom stereocenters. The van der Waals surface area contributed by atoms with E-state index in [1.54, 1.807) is 20.8 Å². The van der Waals surface area contributed by atoms with Crippen LogP contribution in [0.3, 0.4) is 0 Å². The molecule has 0 aliphatic heterocycles. The summed E-state index contributed by atoms with van der Waals surface area (Å²) in [6, 6.07) is 11.5. The van der Waals surface area contributed by atoms with E-state index in [0.29, 0.717) is 12.8 Å². The van der Waals surface area contributed by atoms with Gasteiger partial charge in [-0.25, -0.2) is 0 Å². The minimum absolute atomic E-state index is 0.104. The molecule has 4 N–H and O–H groups in total. The van der Waals surface area contributed by atoms with Gasteiger partial charge in [-0.05, 0) is 55.9 Å². The number of benzene rings is 2. The topological polar surface area (TPSA) is 117 Å². The highest BCUT2D eigenvalue weighted by molar-refractivity contribution is 5.90. The Labute approximate surface area is 214 Å². The number of rotatable bonds is 12. The quantitative estimate of drug-likeness (QED) is 0.334. The van der Waals surface area contributed by atoms with Gasteiger partial charge in [0.05, 0.1) is 6.04 Å². The zero-order valence-corrected chi connectivity index (χ0v) is 22.3. The molecule has 0 aliphatic carbocycles. The fraction of sp³-hybridized carbons (Fsp3) is 0.536. The lowest BCUT2D eigenvalue weighted by Crippen LogP contribution is -2.56. The van der Waals surface area contributed by atoms with Crippen molar-refractivity contribution in [1.29, 1.82) is 0 Å². The molecule has 2 rings (SSSR count). The van der Waals surface area contributed by atoms with E-state index in [9.17, 15) is 19.5 Å². The maximum Gasteiger partial charge on any atom is 0.323 e. The Bertz CT molecular complexity index is 1030. The molecule has 0 saturated heterocycles. The average molecular weight is 500 g/mol. The molecule has 0 heterocycles. The van der Waals surface area contributed by atoms with Crippen LogP contribution in [0.25, 0.3) is 10.8 Å². The van der Waals surface area contributed by atoms with E-state index >= 15 is 0 Å². The summed E-state index contributed by atoms with van der Waals surface area (Å²) < 4.78 is 5.48. The van der Waals surface area contributed by atoms with Crippen LogP contribution in [0.5, 0.6) is 0 Å². The summed E-state index contributed by atoms with van der Waals surface area (Å²) in [6.45, 7) is 9.00. The van der Waals surface area contributed by atoms with E-state index < -0.39 is 29.7 Å². The summed E-state index contributed by atoms with van der Waals surface area (Å²) in [4.78, 5) is 38.8. The molecular formula is C28H41N3O5. The highest BCUT2D eigenvalue weighted by Gasteiger charge is 2.32. The van der Waals surface area contributed by atoms with E-state index in [0.717, 1.165) is 16.3 Å². The van der Waals surface area contributed by atoms with Crippen molar-refractivity contribution in [3.8, 4) is 0 Å². The Hall–Kier alpha value is -2.97. The summed E-state index contributed by atoms with van der Waals surface area (Å²) in [7, 11) is 1.53. The number of likely N-dealkylation sites (N-methyl/N-ethyl adjacent to an activating group) is 1. The Morgan fingerprint density at radius 2 is 1.61 bits per heavy atom. The third-order valence-corrected chi connectivity index (χ3v) is 5.67. The number of hydrogen-bond acceptors (Lipinski definition) is 6. The van der Waals surface area contributed by atoms with Gasteiger partial charge in [0.2, 0.25) is 11.8 Å². The van der Waals surface area contributed by atoms with Crippen LogP contribution in [0.2, 0.25) is 0 Å². The Kier molecular flexibility index (Phi) is 10.9. The Morgan fingerprint density at radius 3 is 2.19 bits per heavy atom. The van der Waals surface area contributed by atoms with Gasteiger partial charge in [0.25, 0.3) is 0 Å². The largest absolute Gasteiger partial charge is 0.459 e. The van der Waals surface area contributed by atoms with E-state index in [2.05, 4.69) is 16.0 Å². The Balaban J connectivity index is 2.22. The number of carbonyl (C=O) groups is 3. The average Bonchev–Trinajstić information content (AvgIpc) is 2.80. The molecule has 0 radical (unpaired) electrons. The molecule has 0 bridgehead atoms. The molecule has 0 aromatic heterocycles. The molecule has 2 aromatic rings. The maximum absolute atomic E-state index is 13.4. The van der Waals surface area contributed by atoms with Crippen molar-refractivity contribution < 1.29 is 24.2 Å². The van der Waals surface area contributed by atoms with Crippen LogP contribution in [0.15, 0.2) is 42.5 Å². The summed E-state index contributed by atoms with van der Waals surface area (Å²) in [5.41, 5.74) is 0.217. The lowest BCUT2D eigenvalue weighted by atomic mass is 9.99. The molecule has 0 aliphatic rings. The monoisotopic (exact) mass is 499 g/mol. The first-order valence-corrected chi connectivity index (χ1v) is 12.5. The summed E-state index contributed by atoms with van der Waals surface area (Å²) in [5, 5.41) is 20.2. The van der Waals surface area contributed by atoms with Crippen molar-refractivity contribution in [2.75, 3.05) is 13.7 Å². The van der Waals surface area contributed by atoms with Crippen LogP contribution in [0.4, 0.5) is 0 Å². The first-order chi connectivity index (χ1) is 16.9. The number of hydrogen-bond donors (Lipinski definition) is 4. The van der Waals surface area contributed by atoms with E-state index in [-0.39, 0.29) is 30.8 Å². The number of fused-ring (bicyclic) bond motifs is 1. The molecular weight excluding hydrogens is 458 g/mol. The molecule has 198 valence electrons. The van der Waals surface area contributed by atoms with Gasteiger partial charge in [-0.1, -0.05) is 56.3 Å². The molecule has 0 saturated carbocycles. The van der Waals surface area contributed by atoms with Gasteiger partial charge in [0, 0.05) is 20.1 Å². The number of ether oxygens (including phenoxy) is 1. The molecule has 8 nitrogen and oxygen atoms in total. The van der Waals surface area contributed by atoms with Crippen LogP contribution in [0.1, 0.15) is 53.0 Å². The minimum Gasteiger partial charge on any atom is -0.459 e. The number of amides is 2. The number of aliphatic hydroxyl groups is 1. The van der Waals surface area contributed by atoms with Crippen LogP contribution < -0.4 is 16.0 Å². The first kappa shape index (κ1) is 29.3. The first-order valence-electron chi connectivity index (χ1n) is 12.5. The van der Waals surface area contributed by atoms with Crippen molar-refractivity contribution in [2.45, 2.75) is 77.6 Å².